The van der Waals surface area contributed by atoms with Crippen molar-refractivity contribution < 1.29 is 22.3 Å². The Morgan fingerprint density at radius 3 is 2.58 bits per heavy atom. The number of halogens is 1. The molecule has 0 aliphatic rings. The first-order chi connectivity index (χ1) is 14.9. The summed E-state index contributed by atoms with van der Waals surface area (Å²) in [6.45, 7) is 0. The molecule has 0 atom stereocenters. The molecule has 0 aliphatic heterocycles. The highest BCUT2D eigenvalue weighted by Crippen LogP contribution is 2.26. The third-order valence-electron chi connectivity index (χ3n) is 5.01. The van der Waals surface area contributed by atoms with Crippen molar-refractivity contribution in [1.29, 1.82) is 0 Å². The molecule has 0 radical (unpaired) electrons. The van der Waals surface area contributed by atoms with Crippen LogP contribution < -0.4 is 4.74 Å². The zero-order chi connectivity index (χ0) is 22.0. The third-order valence-corrected chi connectivity index (χ3v) is 6.82. The highest BCUT2D eigenvalue weighted by atomic mass is 32.2. The molecule has 0 aliphatic carbocycles. The lowest BCUT2D eigenvalue weighted by Gasteiger charge is -2.08. The summed E-state index contributed by atoms with van der Waals surface area (Å²) < 4.78 is 46.5. The van der Waals surface area contributed by atoms with Gasteiger partial charge in [0.1, 0.15) is 22.1 Å². The standard InChI is InChI=1S/C23H19FN2O4S/c1-30-18-6-10-22(20(24)14-18)31(28,29)19-7-2-16(3-8-19)4-9-21(27)17-5-11-23-25-12-13-26(23)15-17/h2-3,5-8,10-15H,4,9H2,1H3. The monoisotopic (exact) mass is 438 g/mol. The smallest absolute Gasteiger partial charge is 0.209 e. The number of carbonyl (C=O) groups excluding carboxylic acids is 1. The molecule has 158 valence electrons. The second kappa shape index (κ2) is 8.31. The lowest BCUT2D eigenvalue weighted by molar-refractivity contribution is 0.0982. The Hall–Kier alpha value is -3.52. The van der Waals surface area contributed by atoms with Crippen LogP contribution in [0.15, 0.2) is 83.0 Å². The van der Waals surface area contributed by atoms with E-state index in [9.17, 15) is 17.6 Å². The molecule has 4 rings (SSSR count). The molecule has 2 heterocycles. The Morgan fingerprint density at radius 2 is 1.87 bits per heavy atom. The van der Waals surface area contributed by atoms with Crippen LogP contribution in [0.5, 0.6) is 5.75 Å². The predicted molar refractivity (Wildman–Crippen MR) is 113 cm³/mol. The Bertz CT molecular complexity index is 1360. The number of ketones is 1. The van der Waals surface area contributed by atoms with Crippen molar-refractivity contribution in [1.82, 2.24) is 9.38 Å². The van der Waals surface area contributed by atoms with Crippen LogP contribution in [0.4, 0.5) is 4.39 Å². The minimum Gasteiger partial charge on any atom is -0.497 e. The molecule has 0 unspecified atom stereocenters. The summed E-state index contributed by atoms with van der Waals surface area (Å²) in [5, 5.41) is 0. The van der Waals surface area contributed by atoms with E-state index in [2.05, 4.69) is 4.98 Å². The summed E-state index contributed by atoms with van der Waals surface area (Å²) in [6.07, 6.45) is 5.91. The van der Waals surface area contributed by atoms with Gasteiger partial charge in [0.05, 0.1) is 12.0 Å². The highest BCUT2D eigenvalue weighted by Gasteiger charge is 2.22. The molecule has 2 aromatic carbocycles. The highest BCUT2D eigenvalue weighted by molar-refractivity contribution is 7.91. The quantitative estimate of drug-likeness (QED) is 0.406. The number of methoxy groups -OCH3 is 1. The van der Waals surface area contributed by atoms with Crippen LogP contribution in [0.3, 0.4) is 0 Å². The molecule has 0 fully saturated rings. The van der Waals surface area contributed by atoms with Crippen LogP contribution in [0, 0.1) is 5.82 Å². The van der Waals surface area contributed by atoms with E-state index in [1.807, 2.05) is 0 Å². The third kappa shape index (κ3) is 4.20. The van der Waals surface area contributed by atoms with Gasteiger partial charge in [-0.2, -0.15) is 0 Å². The summed E-state index contributed by atoms with van der Waals surface area (Å²) in [4.78, 5) is 16.2. The summed E-state index contributed by atoms with van der Waals surface area (Å²) in [7, 11) is -2.63. The minimum atomic E-state index is -4.01. The van der Waals surface area contributed by atoms with Crippen LogP contribution in [0.25, 0.3) is 5.65 Å². The van der Waals surface area contributed by atoms with Crippen LogP contribution >= 0.6 is 0 Å². The fourth-order valence-corrected chi connectivity index (χ4v) is 4.59. The predicted octanol–water partition coefficient (Wildman–Crippen LogP) is 4.13. The van der Waals surface area contributed by atoms with E-state index in [4.69, 9.17) is 4.74 Å². The fourth-order valence-electron chi connectivity index (χ4n) is 3.28. The maximum Gasteiger partial charge on any atom is 0.209 e. The second-order valence-electron chi connectivity index (χ2n) is 6.98. The van der Waals surface area contributed by atoms with Crippen molar-refractivity contribution in [2.75, 3.05) is 7.11 Å². The zero-order valence-electron chi connectivity index (χ0n) is 16.7. The Kier molecular flexibility index (Phi) is 5.56. The van der Waals surface area contributed by atoms with Gasteiger partial charge in [-0.05, 0) is 48.4 Å². The van der Waals surface area contributed by atoms with Gasteiger partial charge in [-0.15, -0.1) is 0 Å². The van der Waals surface area contributed by atoms with Crippen molar-refractivity contribution >= 4 is 21.3 Å². The van der Waals surface area contributed by atoms with Gasteiger partial charge in [-0.3, -0.25) is 4.79 Å². The molecule has 0 bridgehead atoms. The van der Waals surface area contributed by atoms with Gasteiger partial charge in [0.25, 0.3) is 0 Å². The Morgan fingerprint density at radius 1 is 1.10 bits per heavy atom. The van der Waals surface area contributed by atoms with E-state index in [-0.39, 0.29) is 22.8 Å². The van der Waals surface area contributed by atoms with E-state index in [1.165, 1.54) is 31.4 Å². The van der Waals surface area contributed by atoms with Crippen molar-refractivity contribution in [3.63, 3.8) is 0 Å². The number of fused-ring (bicyclic) bond motifs is 1. The Balaban J connectivity index is 1.47. The average Bonchev–Trinajstić information content (AvgIpc) is 3.25. The molecule has 4 aromatic rings. The van der Waals surface area contributed by atoms with Gasteiger partial charge in [-0.1, -0.05) is 12.1 Å². The summed E-state index contributed by atoms with van der Waals surface area (Å²) >= 11 is 0. The van der Waals surface area contributed by atoms with Gasteiger partial charge in [0, 0.05) is 36.6 Å². The first-order valence-corrected chi connectivity index (χ1v) is 11.0. The summed E-state index contributed by atoms with van der Waals surface area (Å²) in [5.41, 5.74) is 2.16. The van der Waals surface area contributed by atoms with Crippen LogP contribution in [-0.4, -0.2) is 30.7 Å². The number of Topliss-reactive ketones (excluding diaryl/α,β-unsaturated/α-hetero) is 1. The number of aryl methyl sites for hydroxylation is 1. The normalized spacial score (nSPS) is 11.5. The molecule has 31 heavy (non-hydrogen) atoms. The number of ether oxygens (including phenoxy) is 1. The molecule has 0 spiro atoms. The first-order valence-electron chi connectivity index (χ1n) is 9.52. The lowest BCUT2D eigenvalue weighted by atomic mass is 10.0. The number of hydrogen-bond acceptors (Lipinski definition) is 5. The number of hydrogen-bond donors (Lipinski definition) is 0. The summed E-state index contributed by atoms with van der Waals surface area (Å²) in [6, 6.07) is 13.3. The molecule has 0 N–H and O–H groups in total. The van der Waals surface area contributed by atoms with E-state index < -0.39 is 20.5 Å². The number of carbonyl (C=O) groups is 1. The topological polar surface area (TPSA) is 77.7 Å². The molecule has 0 amide bonds. The van der Waals surface area contributed by atoms with Gasteiger partial charge in [0.15, 0.2) is 5.78 Å². The molecule has 0 saturated carbocycles. The first kappa shape index (κ1) is 20.7. The van der Waals surface area contributed by atoms with Crippen molar-refractivity contribution in [2.45, 2.75) is 22.6 Å². The minimum absolute atomic E-state index is 0.0165. The van der Waals surface area contributed by atoms with Crippen molar-refractivity contribution in [3.8, 4) is 5.75 Å². The molecule has 2 aromatic heterocycles. The molecular formula is C23H19FN2O4S. The van der Waals surface area contributed by atoms with Crippen molar-refractivity contribution in [3.05, 3.63) is 90.1 Å². The SMILES string of the molecule is COc1ccc(S(=O)(=O)c2ccc(CCC(=O)c3ccc4nccn4c3)cc2)c(F)c1. The molecule has 8 heteroatoms. The van der Waals surface area contributed by atoms with Gasteiger partial charge in [-0.25, -0.2) is 17.8 Å². The van der Waals surface area contributed by atoms with E-state index in [0.29, 0.717) is 12.0 Å². The van der Waals surface area contributed by atoms with Crippen molar-refractivity contribution in [2.24, 2.45) is 0 Å². The van der Waals surface area contributed by atoms with E-state index in [1.54, 1.807) is 47.3 Å². The number of sulfone groups is 1. The second-order valence-corrected chi connectivity index (χ2v) is 8.90. The zero-order valence-corrected chi connectivity index (χ0v) is 17.5. The number of rotatable bonds is 7. The van der Waals surface area contributed by atoms with Crippen LogP contribution in [-0.2, 0) is 16.3 Å². The number of aromatic nitrogens is 2. The molecular weight excluding hydrogens is 419 g/mol. The number of benzene rings is 2. The summed E-state index contributed by atoms with van der Waals surface area (Å²) in [5.74, 6) is -0.653. The average molecular weight is 438 g/mol. The molecule has 0 saturated heterocycles. The maximum atomic E-state index is 14.2. The number of nitrogens with zero attached hydrogens (tertiary/aromatic N) is 2. The van der Waals surface area contributed by atoms with Crippen LogP contribution in [0.2, 0.25) is 0 Å². The fraction of sp³-hybridized carbons (Fsp3) is 0.130. The Labute approximate surface area is 178 Å². The largest absolute Gasteiger partial charge is 0.497 e. The maximum absolute atomic E-state index is 14.2. The number of imidazole rings is 1. The van der Waals surface area contributed by atoms with Gasteiger partial charge >= 0.3 is 0 Å². The van der Waals surface area contributed by atoms with Crippen LogP contribution in [0.1, 0.15) is 22.3 Å². The van der Waals surface area contributed by atoms with E-state index in [0.717, 1.165) is 17.3 Å². The lowest BCUT2D eigenvalue weighted by Crippen LogP contribution is -2.06. The number of pyridine rings is 1. The van der Waals surface area contributed by atoms with E-state index >= 15 is 0 Å². The molecule has 6 nitrogen and oxygen atoms in total. The van der Waals surface area contributed by atoms with Gasteiger partial charge in [0.2, 0.25) is 9.84 Å². The van der Waals surface area contributed by atoms with Gasteiger partial charge < -0.3 is 9.14 Å².